The zero-order valence-electron chi connectivity index (χ0n) is 8.41. The Labute approximate surface area is 95.3 Å². The normalized spacial score (nSPS) is 12.1. The Morgan fingerprint density at radius 2 is 2.20 bits per heavy atom. The number of benzene rings is 1. The summed E-state index contributed by atoms with van der Waals surface area (Å²) in [5.74, 6) is 2.52. The molecule has 0 aliphatic rings. The predicted molar refractivity (Wildman–Crippen MR) is 62.7 cm³/mol. The molecular weight excluding hydrogens is 210 g/mol. The van der Waals surface area contributed by atoms with E-state index in [1.54, 1.807) is 6.07 Å². The average Bonchev–Trinajstić information content (AvgIpc) is 2.25. The summed E-state index contributed by atoms with van der Waals surface area (Å²) in [7, 11) is 0. The number of terminal acetylenes is 1. The summed E-state index contributed by atoms with van der Waals surface area (Å²) in [5.41, 5.74) is 0.743. The molecule has 0 aliphatic heterocycles. The van der Waals surface area contributed by atoms with E-state index in [1.165, 1.54) is 0 Å². The Kier molecular flexibility index (Phi) is 5.20. The maximum atomic E-state index is 9.80. The van der Waals surface area contributed by atoms with Crippen LogP contribution in [0, 0.1) is 12.3 Å². The topological polar surface area (TPSA) is 32.3 Å². The number of hydrogen-bond donors (Lipinski definition) is 2. The lowest BCUT2D eigenvalue weighted by Crippen LogP contribution is -2.22. The van der Waals surface area contributed by atoms with Crippen molar-refractivity contribution in [1.29, 1.82) is 0 Å². The Morgan fingerprint density at radius 1 is 1.47 bits per heavy atom. The molecule has 1 aromatic carbocycles. The number of nitrogens with one attached hydrogen (secondary N) is 1. The first-order valence-electron chi connectivity index (χ1n) is 4.82. The van der Waals surface area contributed by atoms with Crippen LogP contribution in [0.1, 0.15) is 18.1 Å². The maximum absolute atomic E-state index is 9.80. The number of hydrogen-bond acceptors (Lipinski definition) is 2. The highest BCUT2D eigenvalue weighted by atomic mass is 35.5. The summed E-state index contributed by atoms with van der Waals surface area (Å²) in [6.45, 7) is 1.17. The standard InChI is InChI=1S/C12H14ClNO/c1-2-3-8-14-9-12(15)10-6-4-5-7-11(10)13/h1,4-7,12,14-15H,3,8-9H2. The van der Waals surface area contributed by atoms with Gasteiger partial charge in [-0.3, -0.25) is 0 Å². The molecule has 0 heterocycles. The van der Waals surface area contributed by atoms with Gasteiger partial charge in [-0.15, -0.1) is 12.3 Å². The molecule has 1 atom stereocenters. The fourth-order valence-corrected chi connectivity index (χ4v) is 1.52. The Hall–Kier alpha value is -1.01. The monoisotopic (exact) mass is 223 g/mol. The highest BCUT2D eigenvalue weighted by Crippen LogP contribution is 2.21. The molecule has 3 heteroatoms. The van der Waals surface area contributed by atoms with E-state index in [0.29, 0.717) is 24.5 Å². The van der Waals surface area contributed by atoms with Gasteiger partial charge in [-0.2, -0.15) is 0 Å². The van der Waals surface area contributed by atoms with Crippen molar-refractivity contribution in [3.8, 4) is 12.3 Å². The van der Waals surface area contributed by atoms with Crippen molar-refractivity contribution in [1.82, 2.24) is 5.32 Å². The lowest BCUT2D eigenvalue weighted by molar-refractivity contribution is 0.175. The molecule has 80 valence electrons. The van der Waals surface area contributed by atoms with Crippen molar-refractivity contribution in [3.05, 3.63) is 34.9 Å². The Bertz CT molecular complexity index is 346. The van der Waals surface area contributed by atoms with Gasteiger partial charge in [0.25, 0.3) is 0 Å². The fraction of sp³-hybridized carbons (Fsp3) is 0.333. The molecule has 1 unspecified atom stereocenters. The van der Waals surface area contributed by atoms with Gasteiger partial charge in [-0.05, 0) is 6.07 Å². The minimum atomic E-state index is -0.587. The number of halogens is 1. The van der Waals surface area contributed by atoms with Crippen LogP contribution in [0.5, 0.6) is 0 Å². The van der Waals surface area contributed by atoms with Crippen molar-refractivity contribution >= 4 is 11.6 Å². The molecule has 0 aliphatic carbocycles. The van der Waals surface area contributed by atoms with Crippen LogP contribution >= 0.6 is 11.6 Å². The molecule has 0 saturated carbocycles. The first-order chi connectivity index (χ1) is 7.25. The van der Waals surface area contributed by atoms with Crippen LogP contribution in [0.15, 0.2) is 24.3 Å². The summed E-state index contributed by atoms with van der Waals surface area (Å²) in [6.07, 6.45) is 5.18. The molecule has 1 aromatic rings. The molecule has 2 nitrogen and oxygen atoms in total. The SMILES string of the molecule is C#CCCNCC(O)c1ccccc1Cl. The molecule has 0 fully saturated rings. The summed E-state index contributed by atoms with van der Waals surface area (Å²) in [5, 5.41) is 13.4. The molecule has 0 bridgehead atoms. The van der Waals surface area contributed by atoms with Gasteiger partial charge < -0.3 is 10.4 Å². The van der Waals surface area contributed by atoms with Crippen LogP contribution in [-0.2, 0) is 0 Å². The highest BCUT2D eigenvalue weighted by molar-refractivity contribution is 6.31. The second-order valence-electron chi connectivity index (χ2n) is 3.20. The van der Waals surface area contributed by atoms with Crippen molar-refractivity contribution in [2.75, 3.05) is 13.1 Å². The van der Waals surface area contributed by atoms with Gasteiger partial charge >= 0.3 is 0 Å². The van der Waals surface area contributed by atoms with Crippen molar-refractivity contribution in [2.45, 2.75) is 12.5 Å². The van der Waals surface area contributed by atoms with Crippen LogP contribution in [0.2, 0.25) is 5.02 Å². The molecule has 0 spiro atoms. The predicted octanol–water partition coefficient (Wildman–Crippen LogP) is 1.99. The second kappa shape index (κ2) is 6.47. The minimum Gasteiger partial charge on any atom is -0.387 e. The van der Waals surface area contributed by atoms with E-state index in [1.807, 2.05) is 18.2 Å². The van der Waals surface area contributed by atoms with Gasteiger partial charge in [-0.25, -0.2) is 0 Å². The van der Waals surface area contributed by atoms with Gasteiger partial charge in [0.15, 0.2) is 0 Å². The molecular formula is C12H14ClNO. The zero-order valence-corrected chi connectivity index (χ0v) is 9.17. The van der Waals surface area contributed by atoms with Crippen LogP contribution in [0.3, 0.4) is 0 Å². The Balaban J connectivity index is 2.44. The van der Waals surface area contributed by atoms with Gasteiger partial charge in [0.1, 0.15) is 0 Å². The first kappa shape index (κ1) is 12.1. The quantitative estimate of drug-likeness (QED) is 0.591. The van der Waals surface area contributed by atoms with E-state index >= 15 is 0 Å². The van der Waals surface area contributed by atoms with Crippen molar-refractivity contribution in [2.24, 2.45) is 0 Å². The first-order valence-corrected chi connectivity index (χ1v) is 5.20. The molecule has 1 rings (SSSR count). The molecule has 0 amide bonds. The van der Waals surface area contributed by atoms with Gasteiger partial charge in [0.2, 0.25) is 0 Å². The minimum absolute atomic E-state index is 0.464. The molecule has 0 radical (unpaired) electrons. The third kappa shape index (κ3) is 3.93. The lowest BCUT2D eigenvalue weighted by atomic mass is 10.1. The summed E-state index contributed by atoms with van der Waals surface area (Å²) in [4.78, 5) is 0. The average molecular weight is 224 g/mol. The molecule has 0 saturated heterocycles. The van der Waals surface area contributed by atoms with E-state index in [2.05, 4.69) is 11.2 Å². The molecule has 15 heavy (non-hydrogen) atoms. The van der Waals surface area contributed by atoms with Crippen LogP contribution in [0.25, 0.3) is 0 Å². The van der Waals surface area contributed by atoms with E-state index < -0.39 is 6.10 Å². The number of rotatable bonds is 5. The van der Waals surface area contributed by atoms with Crippen LogP contribution < -0.4 is 5.32 Å². The van der Waals surface area contributed by atoms with Crippen LogP contribution in [-0.4, -0.2) is 18.2 Å². The number of aliphatic hydroxyl groups excluding tert-OH is 1. The third-order valence-corrected chi connectivity index (χ3v) is 2.39. The van der Waals surface area contributed by atoms with Crippen LogP contribution in [0.4, 0.5) is 0 Å². The van der Waals surface area contributed by atoms with Gasteiger partial charge in [0, 0.05) is 30.1 Å². The molecule has 2 N–H and O–H groups in total. The Morgan fingerprint density at radius 3 is 2.87 bits per heavy atom. The van der Waals surface area contributed by atoms with Gasteiger partial charge in [0.05, 0.1) is 6.10 Å². The summed E-state index contributed by atoms with van der Waals surface area (Å²) >= 11 is 5.94. The van der Waals surface area contributed by atoms with E-state index in [0.717, 1.165) is 5.56 Å². The van der Waals surface area contributed by atoms with Crippen molar-refractivity contribution in [3.63, 3.8) is 0 Å². The third-order valence-electron chi connectivity index (χ3n) is 2.05. The maximum Gasteiger partial charge on any atom is 0.0928 e. The van der Waals surface area contributed by atoms with Crippen molar-refractivity contribution < 1.29 is 5.11 Å². The number of aliphatic hydroxyl groups is 1. The van der Waals surface area contributed by atoms with E-state index in [4.69, 9.17) is 18.0 Å². The van der Waals surface area contributed by atoms with Gasteiger partial charge in [-0.1, -0.05) is 29.8 Å². The summed E-state index contributed by atoms with van der Waals surface area (Å²) < 4.78 is 0. The largest absolute Gasteiger partial charge is 0.387 e. The smallest absolute Gasteiger partial charge is 0.0928 e. The lowest BCUT2D eigenvalue weighted by Gasteiger charge is -2.12. The fourth-order valence-electron chi connectivity index (χ4n) is 1.25. The zero-order chi connectivity index (χ0) is 11.1. The van der Waals surface area contributed by atoms with E-state index in [9.17, 15) is 5.11 Å². The second-order valence-corrected chi connectivity index (χ2v) is 3.60. The summed E-state index contributed by atoms with van der Waals surface area (Å²) in [6, 6.07) is 7.27. The van der Waals surface area contributed by atoms with E-state index in [-0.39, 0.29) is 0 Å². The molecule has 0 aromatic heterocycles. The highest BCUT2D eigenvalue weighted by Gasteiger charge is 2.09.